The lowest BCUT2D eigenvalue weighted by Gasteiger charge is -2.34. The summed E-state index contributed by atoms with van der Waals surface area (Å²) in [6.07, 6.45) is 1.52. The molecule has 0 aliphatic carbocycles. The van der Waals surface area contributed by atoms with Crippen molar-refractivity contribution in [3.8, 4) is 0 Å². The second-order valence-electron chi connectivity index (χ2n) is 7.16. The molecule has 0 atom stereocenters. The number of carbonyl (C=O) groups is 2. The summed E-state index contributed by atoms with van der Waals surface area (Å²) >= 11 is 0. The molecule has 0 radical (unpaired) electrons. The first-order valence-electron chi connectivity index (χ1n) is 10.1. The van der Waals surface area contributed by atoms with Crippen molar-refractivity contribution < 1.29 is 14.3 Å². The highest BCUT2D eigenvalue weighted by Crippen LogP contribution is 2.21. The minimum absolute atomic E-state index is 0.177. The molecule has 2 aromatic heterocycles. The van der Waals surface area contributed by atoms with Gasteiger partial charge in [-0.15, -0.1) is 5.10 Å². The summed E-state index contributed by atoms with van der Waals surface area (Å²) in [5.74, 6) is 0.126. The summed E-state index contributed by atoms with van der Waals surface area (Å²) in [6, 6.07) is 6.85. The molecule has 11 nitrogen and oxygen atoms in total. The third-order valence-corrected chi connectivity index (χ3v) is 5.10. The Balaban J connectivity index is 1.35. The first kappa shape index (κ1) is 20.7. The minimum atomic E-state index is -0.452. The van der Waals surface area contributed by atoms with Crippen molar-refractivity contribution in [2.45, 2.75) is 6.92 Å². The molecule has 1 aliphatic heterocycles. The molecule has 1 aromatic carbocycles. The number of nitrogens with zero attached hydrogens (tertiary/aromatic N) is 7. The Morgan fingerprint density at radius 1 is 1.13 bits per heavy atom. The molecule has 162 valence electrons. The highest BCUT2D eigenvalue weighted by molar-refractivity contribution is 6.01. The average Bonchev–Trinajstić information content (AvgIpc) is 3.16. The van der Waals surface area contributed by atoms with Gasteiger partial charge in [-0.1, -0.05) is 17.3 Å². The van der Waals surface area contributed by atoms with E-state index >= 15 is 0 Å². The van der Waals surface area contributed by atoms with E-state index < -0.39 is 5.97 Å². The summed E-state index contributed by atoms with van der Waals surface area (Å²) in [6.45, 7) is 5.05. The maximum atomic E-state index is 12.6. The molecule has 0 unspecified atom stereocenters. The van der Waals surface area contributed by atoms with Crippen LogP contribution in [0.2, 0.25) is 0 Å². The van der Waals surface area contributed by atoms with Crippen LogP contribution in [0.4, 0.5) is 11.5 Å². The Kier molecular flexibility index (Phi) is 6.03. The topological polar surface area (TPSA) is 118 Å². The Labute approximate surface area is 179 Å². The van der Waals surface area contributed by atoms with E-state index in [9.17, 15) is 9.59 Å². The highest BCUT2D eigenvalue weighted by Gasteiger charge is 2.23. The molecule has 1 fully saturated rings. The molecular formula is C20H24N8O3. The molecule has 1 saturated heterocycles. The van der Waals surface area contributed by atoms with Crippen LogP contribution in [-0.4, -0.2) is 81.1 Å². The summed E-state index contributed by atoms with van der Waals surface area (Å²) in [7, 11) is 1.79. The fraction of sp³-hybridized carbons (Fsp3) is 0.400. The smallest absolute Gasteiger partial charge is 0.340 e. The van der Waals surface area contributed by atoms with Gasteiger partial charge in [-0.3, -0.25) is 9.69 Å². The van der Waals surface area contributed by atoms with Gasteiger partial charge in [0.2, 0.25) is 5.91 Å². The van der Waals surface area contributed by atoms with Crippen LogP contribution in [0.5, 0.6) is 0 Å². The largest absolute Gasteiger partial charge is 0.462 e. The van der Waals surface area contributed by atoms with Gasteiger partial charge in [-0.05, 0) is 19.1 Å². The van der Waals surface area contributed by atoms with E-state index in [1.54, 1.807) is 42.9 Å². The number of aryl methyl sites for hydroxylation is 1. The molecule has 3 heterocycles. The third kappa shape index (κ3) is 4.45. The Morgan fingerprint density at radius 3 is 2.68 bits per heavy atom. The SMILES string of the molecule is CCOC(=O)c1ccccc1NC(=O)CN1CCN(c2ncnc3c2nnn3C)CC1. The van der Waals surface area contributed by atoms with Gasteiger partial charge in [-0.2, -0.15) is 0 Å². The number of amides is 1. The van der Waals surface area contributed by atoms with Crippen LogP contribution in [0.15, 0.2) is 30.6 Å². The number of para-hydroxylation sites is 1. The van der Waals surface area contributed by atoms with Gasteiger partial charge >= 0.3 is 5.97 Å². The molecule has 0 spiro atoms. The summed E-state index contributed by atoms with van der Waals surface area (Å²) in [4.78, 5) is 37.5. The number of piperazine rings is 1. The number of carbonyl (C=O) groups excluding carboxylic acids is 2. The standard InChI is InChI=1S/C20H24N8O3/c1-3-31-20(30)14-6-4-5-7-15(14)23-16(29)12-27-8-10-28(11-9-27)19-17-18(21-13-22-19)26(2)25-24-17/h4-7,13H,3,8-12H2,1-2H3,(H,23,29). The van der Waals surface area contributed by atoms with Crippen molar-refractivity contribution in [3.63, 3.8) is 0 Å². The van der Waals surface area contributed by atoms with Crippen molar-refractivity contribution in [2.24, 2.45) is 7.05 Å². The van der Waals surface area contributed by atoms with E-state index in [0.717, 1.165) is 5.82 Å². The summed E-state index contributed by atoms with van der Waals surface area (Å²) in [5.41, 5.74) is 2.16. The number of fused-ring (bicyclic) bond motifs is 1. The van der Waals surface area contributed by atoms with Crippen molar-refractivity contribution in [1.29, 1.82) is 0 Å². The molecule has 1 amide bonds. The third-order valence-electron chi connectivity index (χ3n) is 5.10. The second-order valence-corrected chi connectivity index (χ2v) is 7.16. The number of hydrogen-bond donors (Lipinski definition) is 1. The van der Waals surface area contributed by atoms with Crippen LogP contribution in [0.3, 0.4) is 0 Å². The van der Waals surface area contributed by atoms with E-state index in [2.05, 4.69) is 35.4 Å². The molecule has 1 aliphatic rings. The maximum Gasteiger partial charge on any atom is 0.340 e. The van der Waals surface area contributed by atoms with Crippen molar-refractivity contribution >= 4 is 34.5 Å². The lowest BCUT2D eigenvalue weighted by atomic mass is 10.2. The maximum absolute atomic E-state index is 12.6. The van der Waals surface area contributed by atoms with Crippen LogP contribution in [0.25, 0.3) is 11.2 Å². The number of benzene rings is 1. The number of ether oxygens (including phenoxy) is 1. The zero-order valence-corrected chi connectivity index (χ0v) is 17.5. The summed E-state index contributed by atoms with van der Waals surface area (Å²) in [5, 5.41) is 11.0. The van der Waals surface area contributed by atoms with Gasteiger partial charge in [0.25, 0.3) is 0 Å². The average molecular weight is 424 g/mol. The van der Waals surface area contributed by atoms with Gasteiger partial charge in [0.1, 0.15) is 6.33 Å². The van der Waals surface area contributed by atoms with Crippen LogP contribution in [0, 0.1) is 0 Å². The summed E-state index contributed by atoms with van der Waals surface area (Å²) < 4.78 is 6.68. The monoisotopic (exact) mass is 424 g/mol. The van der Waals surface area contributed by atoms with Crippen LogP contribution < -0.4 is 10.2 Å². The Hall–Kier alpha value is -3.60. The zero-order chi connectivity index (χ0) is 21.8. The molecule has 3 aromatic rings. The fourth-order valence-corrected chi connectivity index (χ4v) is 3.56. The second kappa shape index (κ2) is 9.04. The number of hydrogen-bond acceptors (Lipinski definition) is 9. The normalized spacial score (nSPS) is 14.6. The van der Waals surface area contributed by atoms with Crippen LogP contribution in [0.1, 0.15) is 17.3 Å². The highest BCUT2D eigenvalue weighted by atomic mass is 16.5. The Morgan fingerprint density at radius 2 is 1.90 bits per heavy atom. The lowest BCUT2D eigenvalue weighted by Crippen LogP contribution is -2.49. The Bertz CT molecular complexity index is 1090. The van der Waals surface area contributed by atoms with E-state index in [-0.39, 0.29) is 19.1 Å². The minimum Gasteiger partial charge on any atom is -0.462 e. The lowest BCUT2D eigenvalue weighted by molar-refractivity contribution is -0.117. The molecular weight excluding hydrogens is 400 g/mol. The number of aromatic nitrogens is 5. The molecule has 1 N–H and O–H groups in total. The number of nitrogens with one attached hydrogen (secondary N) is 1. The van der Waals surface area contributed by atoms with E-state index in [0.29, 0.717) is 48.6 Å². The van der Waals surface area contributed by atoms with E-state index in [1.165, 1.54) is 6.33 Å². The van der Waals surface area contributed by atoms with E-state index in [4.69, 9.17) is 4.74 Å². The van der Waals surface area contributed by atoms with Crippen molar-refractivity contribution in [2.75, 3.05) is 49.5 Å². The predicted molar refractivity (Wildman–Crippen MR) is 114 cm³/mol. The van der Waals surface area contributed by atoms with Gasteiger partial charge in [-0.25, -0.2) is 19.4 Å². The molecule has 11 heteroatoms. The molecule has 0 saturated carbocycles. The fourth-order valence-electron chi connectivity index (χ4n) is 3.56. The number of esters is 1. The quantitative estimate of drug-likeness (QED) is 0.570. The van der Waals surface area contributed by atoms with Gasteiger partial charge < -0.3 is 15.0 Å². The van der Waals surface area contributed by atoms with Gasteiger partial charge in [0.15, 0.2) is 17.0 Å². The molecule has 31 heavy (non-hydrogen) atoms. The van der Waals surface area contributed by atoms with Gasteiger partial charge in [0, 0.05) is 33.2 Å². The molecule has 0 bridgehead atoms. The zero-order valence-electron chi connectivity index (χ0n) is 17.5. The molecule has 4 rings (SSSR count). The van der Waals surface area contributed by atoms with E-state index in [1.807, 2.05) is 0 Å². The predicted octanol–water partition coefficient (Wildman–Crippen LogP) is 0.696. The van der Waals surface area contributed by atoms with Crippen LogP contribution in [-0.2, 0) is 16.6 Å². The first-order valence-corrected chi connectivity index (χ1v) is 10.1. The van der Waals surface area contributed by atoms with Crippen molar-refractivity contribution in [1.82, 2.24) is 29.9 Å². The van der Waals surface area contributed by atoms with Crippen LogP contribution >= 0.6 is 0 Å². The number of rotatable bonds is 6. The van der Waals surface area contributed by atoms with Gasteiger partial charge in [0.05, 0.1) is 24.4 Å². The number of anilines is 2. The van der Waals surface area contributed by atoms with Crippen molar-refractivity contribution in [3.05, 3.63) is 36.2 Å². The first-order chi connectivity index (χ1) is 15.1.